The minimum absolute atomic E-state index is 1.12. The van der Waals surface area contributed by atoms with Crippen molar-refractivity contribution in [1.82, 2.24) is 0 Å². The summed E-state index contributed by atoms with van der Waals surface area (Å²) in [6, 6.07) is 64.0. The molecule has 0 aliphatic heterocycles. The molecule has 8 aromatic carbocycles. The van der Waals surface area contributed by atoms with Crippen LogP contribution < -0.4 is 4.90 Å². The zero-order valence-corrected chi connectivity index (χ0v) is 25.9. The van der Waals surface area contributed by atoms with Crippen LogP contribution in [-0.2, 0) is 0 Å². The van der Waals surface area contributed by atoms with Gasteiger partial charge in [-0.2, -0.15) is 0 Å². The van der Waals surface area contributed by atoms with E-state index in [1.54, 1.807) is 0 Å². The van der Waals surface area contributed by atoms with Crippen molar-refractivity contribution in [2.75, 3.05) is 4.90 Å². The number of fused-ring (bicyclic) bond motifs is 6. The molecule has 0 amide bonds. The van der Waals surface area contributed by atoms with Crippen LogP contribution in [0.25, 0.3) is 64.0 Å². The lowest BCUT2D eigenvalue weighted by Gasteiger charge is -2.28. The molecule has 0 unspecified atom stereocenters. The van der Waals surface area contributed by atoms with Crippen molar-refractivity contribution in [3.05, 3.63) is 176 Å². The Bertz CT molecular complexity index is 2510. The molecule has 0 atom stereocenters. The summed E-state index contributed by atoms with van der Waals surface area (Å²) in [5, 5.41) is 7.64. The van der Waals surface area contributed by atoms with E-state index in [1.165, 1.54) is 69.7 Å². The lowest BCUT2D eigenvalue weighted by atomic mass is 9.98. The third-order valence-electron chi connectivity index (χ3n) is 9.06. The van der Waals surface area contributed by atoms with Crippen molar-refractivity contribution in [2.24, 2.45) is 0 Å². The predicted octanol–water partition coefficient (Wildman–Crippen LogP) is 13.2. The molecule has 0 N–H and O–H groups in total. The van der Waals surface area contributed by atoms with Gasteiger partial charge in [0.25, 0.3) is 0 Å². The fraction of sp³-hybridized carbons (Fsp3) is 0. The smallest absolute Gasteiger partial charge is 0.0546 e. The van der Waals surface area contributed by atoms with Crippen molar-refractivity contribution < 1.29 is 0 Å². The maximum Gasteiger partial charge on any atom is 0.0546 e. The molecule has 46 heavy (non-hydrogen) atoms. The second-order valence-electron chi connectivity index (χ2n) is 11.8. The van der Waals surface area contributed by atoms with Crippen LogP contribution in [-0.4, -0.2) is 0 Å². The Labute approximate surface area is 272 Å². The van der Waals surface area contributed by atoms with Crippen molar-refractivity contribution in [3.63, 3.8) is 0 Å². The molecule has 0 aliphatic rings. The minimum atomic E-state index is 1.12. The van der Waals surface area contributed by atoms with Crippen LogP contribution >= 0.6 is 11.3 Å². The molecule has 0 spiro atoms. The van der Waals surface area contributed by atoms with Gasteiger partial charge in [-0.3, -0.25) is 0 Å². The fourth-order valence-corrected chi connectivity index (χ4v) is 7.88. The van der Waals surface area contributed by atoms with Crippen molar-refractivity contribution in [2.45, 2.75) is 0 Å². The van der Waals surface area contributed by atoms with E-state index in [4.69, 9.17) is 0 Å². The minimum Gasteiger partial charge on any atom is -0.310 e. The Kier molecular flexibility index (Phi) is 6.40. The number of nitrogens with zero attached hydrogens (tertiary/aromatic N) is 1. The summed E-state index contributed by atoms with van der Waals surface area (Å²) in [5.74, 6) is 0. The number of rotatable bonds is 5. The van der Waals surface area contributed by atoms with E-state index in [-0.39, 0.29) is 0 Å². The summed E-state index contributed by atoms with van der Waals surface area (Å²) in [6.07, 6.45) is 0. The zero-order valence-electron chi connectivity index (χ0n) is 25.1. The standard InChI is InChI=1S/C44H29NS/c1-2-10-30(11-3-1)31-18-23-35(24-19-31)45(42-29-34-12-4-5-13-37(34)38-14-6-7-15-39(38)42)36-25-20-32(21-26-36)33-22-27-44-41(28-33)40-16-8-9-17-43(40)46-44/h1-29H. The summed E-state index contributed by atoms with van der Waals surface area (Å²) in [7, 11) is 0. The molecule has 0 fully saturated rings. The fourth-order valence-electron chi connectivity index (χ4n) is 6.79. The van der Waals surface area contributed by atoms with Gasteiger partial charge in [0.1, 0.15) is 0 Å². The van der Waals surface area contributed by atoms with Crippen molar-refractivity contribution in [3.8, 4) is 22.3 Å². The molecular weight excluding hydrogens is 575 g/mol. The molecule has 0 bridgehead atoms. The molecule has 9 rings (SSSR count). The van der Waals surface area contributed by atoms with E-state index in [1.807, 2.05) is 11.3 Å². The van der Waals surface area contributed by atoms with Crippen molar-refractivity contribution in [1.29, 1.82) is 0 Å². The first-order valence-corrected chi connectivity index (χ1v) is 16.5. The van der Waals surface area contributed by atoms with E-state index in [0.29, 0.717) is 0 Å². The van der Waals surface area contributed by atoms with Gasteiger partial charge in [-0.1, -0.05) is 127 Å². The molecule has 1 nitrogen and oxygen atoms in total. The lowest BCUT2D eigenvalue weighted by Crippen LogP contribution is -2.10. The van der Waals surface area contributed by atoms with Gasteiger partial charge in [-0.15, -0.1) is 11.3 Å². The van der Waals surface area contributed by atoms with E-state index >= 15 is 0 Å². The zero-order chi connectivity index (χ0) is 30.5. The van der Waals surface area contributed by atoms with Gasteiger partial charge in [-0.25, -0.2) is 0 Å². The Morgan fingerprint density at radius 3 is 1.59 bits per heavy atom. The molecule has 1 heterocycles. The highest BCUT2D eigenvalue weighted by Crippen LogP contribution is 2.43. The summed E-state index contributed by atoms with van der Waals surface area (Å²) < 4.78 is 2.66. The second kappa shape index (κ2) is 11.0. The van der Waals surface area contributed by atoms with Gasteiger partial charge in [0, 0.05) is 36.9 Å². The predicted molar refractivity (Wildman–Crippen MR) is 200 cm³/mol. The topological polar surface area (TPSA) is 3.24 Å². The monoisotopic (exact) mass is 603 g/mol. The van der Waals surface area contributed by atoms with Crippen LogP contribution in [0.15, 0.2) is 176 Å². The third kappa shape index (κ3) is 4.54. The van der Waals surface area contributed by atoms with Gasteiger partial charge in [0.15, 0.2) is 0 Å². The molecule has 0 radical (unpaired) electrons. The van der Waals surface area contributed by atoms with E-state index in [0.717, 1.165) is 11.4 Å². The first-order chi connectivity index (χ1) is 22.8. The highest BCUT2D eigenvalue weighted by atomic mass is 32.1. The van der Waals surface area contributed by atoms with Crippen LogP contribution in [0.5, 0.6) is 0 Å². The maximum atomic E-state index is 2.41. The third-order valence-corrected chi connectivity index (χ3v) is 10.2. The molecule has 1 aromatic heterocycles. The normalized spacial score (nSPS) is 11.5. The van der Waals surface area contributed by atoms with E-state index in [2.05, 4.69) is 181 Å². The van der Waals surface area contributed by atoms with Gasteiger partial charge < -0.3 is 4.90 Å². The number of benzene rings is 8. The van der Waals surface area contributed by atoms with Gasteiger partial charge in [-0.05, 0) is 86.9 Å². The summed E-state index contributed by atoms with van der Waals surface area (Å²) in [4.78, 5) is 2.41. The summed E-state index contributed by atoms with van der Waals surface area (Å²) in [6.45, 7) is 0. The average molecular weight is 604 g/mol. The largest absolute Gasteiger partial charge is 0.310 e. The average Bonchev–Trinajstić information content (AvgIpc) is 3.51. The SMILES string of the molecule is c1ccc(-c2ccc(N(c3ccc(-c4ccc5sc6ccccc6c5c4)cc3)c3cc4ccccc4c4ccccc34)cc2)cc1. The molecular formula is C44H29NS. The molecule has 0 aliphatic carbocycles. The highest BCUT2D eigenvalue weighted by molar-refractivity contribution is 7.25. The first-order valence-electron chi connectivity index (χ1n) is 15.7. The molecule has 0 saturated carbocycles. The Morgan fingerprint density at radius 2 is 0.848 bits per heavy atom. The summed E-state index contributed by atoms with van der Waals surface area (Å²) in [5.41, 5.74) is 8.29. The molecule has 2 heteroatoms. The van der Waals surface area contributed by atoms with E-state index < -0.39 is 0 Å². The quantitative estimate of drug-likeness (QED) is 0.177. The van der Waals surface area contributed by atoms with E-state index in [9.17, 15) is 0 Å². The number of hydrogen-bond donors (Lipinski definition) is 0. The van der Waals surface area contributed by atoms with Gasteiger partial charge in [0.2, 0.25) is 0 Å². The lowest BCUT2D eigenvalue weighted by molar-refractivity contribution is 1.30. The number of anilines is 3. The molecule has 9 aromatic rings. The Hall–Kier alpha value is -5.70. The van der Waals surface area contributed by atoms with Gasteiger partial charge in [0.05, 0.1) is 5.69 Å². The van der Waals surface area contributed by atoms with Crippen LogP contribution in [0.1, 0.15) is 0 Å². The van der Waals surface area contributed by atoms with Crippen LogP contribution in [0.4, 0.5) is 17.1 Å². The van der Waals surface area contributed by atoms with Crippen LogP contribution in [0, 0.1) is 0 Å². The van der Waals surface area contributed by atoms with Crippen molar-refractivity contribution >= 4 is 70.1 Å². The first kappa shape index (κ1) is 26.7. The molecule has 0 saturated heterocycles. The van der Waals surface area contributed by atoms with Crippen LogP contribution in [0.3, 0.4) is 0 Å². The highest BCUT2D eigenvalue weighted by Gasteiger charge is 2.18. The Balaban J connectivity index is 1.19. The van der Waals surface area contributed by atoms with Crippen LogP contribution in [0.2, 0.25) is 0 Å². The maximum absolute atomic E-state index is 2.41. The number of hydrogen-bond acceptors (Lipinski definition) is 2. The number of thiophene rings is 1. The van der Waals surface area contributed by atoms with Gasteiger partial charge >= 0.3 is 0 Å². The second-order valence-corrected chi connectivity index (χ2v) is 12.9. The molecule has 216 valence electrons. The summed E-state index contributed by atoms with van der Waals surface area (Å²) >= 11 is 1.86. The Morgan fingerprint density at radius 1 is 0.326 bits per heavy atom.